The minimum Gasteiger partial charge on any atom is -0.328 e. The molecule has 3 unspecified atom stereocenters. The molecule has 0 N–H and O–H groups in total. The highest BCUT2D eigenvalue weighted by Gasteiger charge is 2.58. The zero-order valence-electron chi connectivity index (χ0n) is 34.5. The molecule has 2 aliphatic carbocycles. The van der Waals surface area contributed by atoms with E-state index in [2.05, 4.69) is 234 Å². The Bertz CT molecular complexity index is 3850. The zero-order valence-corrected chi connectivity index (χ0v) is 34.5. The first-order valence-corrected chi connectivity index (χ1v) is 21.9. The molecular weight excluding hydrogens is 751 g/mol. The maximum atomic E-state index is 2.71. The standard InChI is InChI=1S/C59H41N3/c1-37-44-20-7-6-17-42(44)36-55-59(37)32-13-12-31-58(59,2)62-54-24-11-9-21-45(54)47-27-28-48-50-35-41(26-30-53(50)61(55)56(48)57(47)62)40-25-29-52-49(34-40)46-22-8-10-23-51(46)60(52)43-19-14-18-39(33-43)38-15-4-3-5-16-38/h3-37H,1-2H3. The number of hydrogen-bond donors (Lipinski definition) is 0. The van der Waals surface area contributed by atoms with Crippen molar-refractivity contribution in [1.29, 1.82) is 0 Å². The summed E-state index contributed by atoms with van der Waals surface area (Å²) in [6.45, 7) is 4.94. The monoisotopic (exact) mass is 791 g/mol. The normalized spacial score (nSPS) is 20.0. The summed E-state index contributed by atoms with van der Waals surface area (Å²) in [4.78, 5) is 0. The molecule has 62 heavy (non-hydrogen) atoms. The minimum absolute atomic E-state index is 0.205. The lowest BCUT2D eigenvalue weighted by molar-refractivity contribution is 0.202. The van der Waals surface area contributed by atoms with E-state index >= 15 is 0 Å². The Labute approximate surface area is 359 Å². The Morgan fingerprint density at radius 1 is 0.435 bits per heavy atom. The van der Waals surface area contributed by atoms with Crippen molar-refractivity contribution in [2.45, 2.75) is 25.3 Å². The summed E-state index contributed by atoms with van der Waals surface area (Å²) in [5.74, 6) is 0.205. The van der Waals surface area contributed by atoms with Crippen LogP contribution in [0.5, 0.6) is 0 Å². The minimum atomic E-state index is -0.390. The predicted molar refractivity (Wildman–Crippen MR) is 261 cm³/mol. The third kappa shape index (κ3) is 4.16. The molecule has 8 aromatic carbocycles. The van der Waals surface area contributed by atoms with E-state index in [9.17, 15) is 0 Å². The number of hydrogen-bond acceptors (Lipinski definition) is 0. The van der Waals surface area contributed by atoms with Gasteiger partial charge in [-0.3, -0.25) is 0 Å². The molecular formula is C59H41N3. The summed E-state index contributed by atoms with van der Waals surface area (Å²) in [5, 5.41) is 7.68. The summed E-state index contributed by atoms with van der Waals surface area (Å²) in [6.07, 6.45) is 12.1. The van der Waals surface area contributed by atoms with E-state index in [1.165, 1.54) is 104 Å². The first kappa shape index (κ1) is 34.1. The Kier molecular flexibility index (Phi) is 6.62. The van der Waals surface area contributed by atoms with Crippen LogP contribution >= 0.6 is 0 Å². The third-order valence-electron chi connectivity index (χ3n) is 15.1. The molecule has 14 rings (SSSR count). The van der Waals surface area contributed by atoms with Gasteiger partial charge in [-0.1, -0.05) is 159 Å². The van der Waals surface area contributed by atoms with Crippen molar-refractivity contribution in [1.82, 2.24) is 13.7 Å². The van der Waals surface area contributed by atoms with Gasteiger partial charge in [0.1, 0.15) is 0 Å². The van der Waals surface area contributed by atoms with Crippen LogP contribution in [0.15, 0.2) is 200 Å². The van der Waals surface area contributed by atoms with E-state index in [1.807, 2.05) is 0 Å². The fraction of sp³-hybridized carbons (Fsp3) is 0.0847. The van der Waals surface area contributed by atoms with Crippen molar-refractivity contribution >= 4 is 77.2 Å². The van der Waals surface area contributed by atoms with Crippen LogP contribution in [-0.4, -0.2) is 13.7 Å². The van der Waals surface area contributed by atoms with Gasteiger partial charge in [-0.05, 0) is 101 Å². The van der Waals surface area contributed by atoms with Crippen LogP contribution in [0.25, 0.3) is 105 Å². The van der Waals surface area contributed by atoms with Crippen LogP contribution in [0.2, 0.25) is 0 Å². The van der Waals surface area contributed by atoms with Crippen molar-refractivity contribution in [3.8, 4) is 27.9 Å². The van der Waals surface area contributed by atoms with Gasteiger partial charge in [0, 0.05) is 49.2 Å². The molecule has 0 saturated heterocycles. The maximum Gasteiger partial charge on any atom is 0.0783 e. The largest absolute Gasteiger partial charge is 0.328 e. The van der Waals surface area contributed by atoms with Gasteiger partial charge >= 0.3 is 0 Å². The van der Waals surface area contributed by atoms with Gasteiger partial charge in [0.2, 0.25) is 0 Å². The van der Waals surface area contributed by atoms with Gasteiger partial charge in [-0.25, -0.2) is 0 Å². The Morgan fingerprint density at radius 3 is 1.84 bits per heavy atom. The molecule has 0 bridgehead atoms. The number of aromatic nitrogens is 3. The van der Waals surface area contributed by atoms with Crippen LogP contribution in [0.3, 0.4) is 0 Å². The van der Waals surface area contributed by atoms with Crippen LogP contribution in [0.4, 0.5) is 0 Å². The van der Waals surface area contributed by atoms with Crippen molar-refractivity contribution in [2.24, 2.45) is 5.41 Å². The fourth-order valence-corrected chi connectivity index (χ4v) is 12.3. The molecule has 3 aliphatic rings. The molecule has 292 valence electrons. The van der Waals surface area contributed by atoms with Crippen LogP contribution in [0, 0.1) is 5.41 Å². The summed E-state index contributed by atoms with van der Waals surface area (Å²) in [7, 11) is 0. The topological polar surface area (TPSA) is 14.8 Å². The van der Waals surface area contributed by atoms with Gasteiger partial charge in [0.15, 0.2) is 0 Å². The Balaban J connectivity index is 1.03. The molecule has 3 heteroatoms. The quantitative estimate of drug-likeness (QED) is 0.169. The molecule has 3 atom stereocenters. The van der Waals surface area contributed by atoms with Gasteiger partial charge in [-0.2, -0.15) is 0 Å². The van der Waals surface area contributed by atoms with Crippen molar-refractivity contribution in [3.63, 3.8) is 0 Å². The zero-order chi connectivity index (χ0) is 40.9. The van der Waals surface area contributed by atoms with E-state index < -0.39 is 0 Å². The number of benzene rings is 8. The highest BCUT2D eigenvalue weighted by molar-refractivity contribution is 6.25. The number of rotatable bonds is 3. The third-order valence-corrected chi connectivity index (χ3v) is 15.1. The van der Waals surface area contributed by atoms with Crippen LogP contribution in [0.1, 0.15) is 30.9 Å². The molecule has 0 amide bonds. The summed E-state index contributed by atoms with van der Waals surface area (Å²) in [5.41, 5.74) is 16.8. The number of fused-ring (bicyclic) bond motifs is 12. The smallest absolute Gasteiger partial charge is 0.0783 e. The van der Waals surface area contributed by atoms with Crippen molar-refractivity contribution in [3.05, 3.63) is 211 Å². The summed E-state index contributed by atoms with van der Waals surface area (Å²) >= 11 is 0. The molecule has 4 heterocycles. The molecule has 0 saturated carbocycles. The molecule has 3 aromatic heterocycles. The lowest BCUT2D eigenvalue weighted by Gasteiger charge is -2.54. The molecule has 1 aliphatic heterocycles. The highest BCUT2D eigenvalue weighted by atomic mass is 15.2. The average molecular weight is 792 g/mol. The van der Waals surface area contributed by atoms with Gasteiger partial charge in [-0.15, -0.1) is 0 Å². The van der Waals surface area contributed by atoms with Crippen LogP contribution in [-0.2, 0) is 5.54 Å². The predicted octanol–water partition coefficient (Wildman–Crippen LogP) is 15.3. The van der Waals surface area contributed by atoms with E-state index in [-0.39, 0.29) is 16.9 Å². The van der Waals surface area contributed by atoms with Gasteiger partial charge in [0.05, 0.1) is 38.5 Å². The van der Waals surface area contributed by atoms with E-state index in [0.29, 0.717) is 0 Å². The van der Waals surface area contributed by atoms with E-state index in [0.717, 1.165) is 5.69 Å². The summed E-state index contributed by atoms with van der Waals surface area (Å²) in [6, 6.07) is 65.6. The summed E-state index contributed by atoms with van der Waals surface area (Å²) < 4.78 is 7.80. The Morgan fingerprint density at radius 2 is 1.03 bits per heavy atom. The van der Waals surface area contributed by atoms with Crippen LogP contribution < -0.4 is 0 Å². The fourth-order valence-electron chi connectivity index (χ4n) is 12.3. The van der Waals surface area contributed by atoms with Gasteiger partial charge < -0.3 is 13.7 Å². The van der Waals surface area contributed by atoms with E-state index in [4.69, 9.17) is 0 Å². The first-order chi connectivity index (χ1) is 30.5. The second-order valence-corrected chi connectivity index (χ2v) is 17.9. The SMILES string of the molecule is CC1c2ccccc2C=C2n3c4ccc(-c5ccc6c(c5)c5ccccc5n6-c5cccc(-c6ccccc6)c5)cc4c4ccc5c6ccccc6n(c5c43)C3(C)C=CC=CC213. The highest BCUT2D eigenvalue weighted by Crippen LogP contribution is 2.65. The molecule has 11 aromatic rings. The average Bonchev–Trinajstić information content (AvgIpc) is 3.95. The number of para-hydroxylation sites is 2. The van der Waals surface area contributed by atoms with Crippen molar-refractivity contribution in [2.75, 3.05) is 0 Å². The molecule has 3 nitrogen and oxygen atoms in total. The van der Waals surface area contributed by atoms with E-state index in [1.54, 1.807) is 0 Å². The van der Waals surface area contributed by atoms with Crippen molar-refractivity contribution < 1.29 is 0 Å². The lowest BCUT2D eigenvalue weighted by Crippen LogP contribution is -2.51. The second-order valence-electron chi connectivity index (χ2n) is 17.9. The molecule has 0 radical (unpaired) electrons. The molecule has 1 spiro atoms. The lowest BCUT2D eigenvalue weighted by atomic mass is 9.55. The first-order valence-electron chi connectivity index (χ1n) is 21.9. The Hall–Kier alpha value is -7.62. The number of allylic oxidation sites excluding steroid dienone is 5. The second kappa shape index (κ2) is 12.0. The maximum absolute atomic E-state index is 2.71. The van der Waals surface area contributed by atoms with Gasteiger partial charge in [0.25, 0.3) is 0 Å². The molecule has 0 fully saturated rings. The number of nitrogens with zero attached hydrogens (tertiary/aromatic N) is 3.